The average Bonchev–Trinajstić information content (AvgIpc) is 2.06. The van der Waals surface area contributed by atoms with E-state index in [-0.39, 0.29) is 11.2 Å². The number of sulfonamides is 1. The predicted octanol–water partition coefficient (Wildman–Crippen LogP) is 2.94. The highest BCUT2D eigenvalue weighted by Gasteiger charge is 2.21. The lowest BCUT2D eigenvalue weighted by molar-refractivity contribution is 0.463. The molecule has 0 saturated carbocycles. The fourth-order valence-electron chi connectivity index (χ4n) is 1.40. The van der Waals surface area contributed by atoms with E-state index in [9.17, 15) is 8.42 Å². The molecule has 1 heterocycles. The SMILES string of the molecule is Cc1cc(NS(=O)(=O)CC(C)(C)C)cnc1Br. The molecule has 6 heteroatoms. The van der Waals surface area contributed by atoms with Gasteiger partial charge in [0.2, 0.25) is 10.0 Å². The smallest absolute Gasteiger partial charge is 0.233 e. The molecule has 1 aromatic rings. The van der Waals surface area contributed by atoms with Crippen molar-refractivity contribution in [2.24, 2.45) is 5.41 Å². The second-order valence-electron chi connectivity index (χ2n) is 5.25. The van der Waals surface area contributed by atoms with Crippen molar-refractivity contribution in [2.45, 2.75) is 27.7 Å². The van der Waals surface area contributed by atoms with Crippen LogP contribution in [0.3, 0.4) is 0 Å². The first kappa shape index (κ1) is 14.4. The van der Waals surface area contributed by atoms with Crippen LogP contribution in [-0.2, 0) is 10.0 Å². The zero-order valence-electron chi connectivity index (χ0n) is 10.4. The monoisotopic (exact) mass is 320 g/mol. The molecule has 1 N–H and O–H groups in total. The molecule has 17 heavy (non-hydrogen) atoms. The Morgan fingerprint density at radius 2 is 2.00 bits per heavy atom. The van der Waals surface area contributed by atoms with Crippen molar-refractivity contribution < 1.29 is 8.42 Å². The van der Waals surface area contributed by atoms with Gasteiger partial charge in [-0.15, -0.1) is 0 Å². The van der Waals surface area contributed by atoms with E-state index >= 15 is 0 Å². The Balaban J connectivity index is 2.87. The highest BCUT2D eigenvalue weighted by molar-refractivity contribution is 9.10. The number of aryl methyl sites for hydroxylation is 1. The first-order chi connectivity index (χ1) is 7.59. The Bertz CT molecular complexity index is 507. The molecule has 4 nitrogen and oxygen atoms in total. The number of hydrogen-bond acceptors (Lipinski definition) is 3. The van der Waals surface area contributed by atoms with Crippen molar-refractivity contribution in [3.05, 3.63) is 22.4 Å². The van der Waals surface area contributed by atoms with Gasteiger partial charge in [-0.1, -0.05) is 20.8 Å². The predicted molar refractivity (Wildman–Crippen MR) is 73.5 cm³/mol. The summed E-state index contributed by atoms with van der Waals surface area (Å²) in [4.78, 5) is 4.05. The Hall–Kier alpha value is -0.620. The number of anilines is 1. The lowest BCUT2D eigenvalue weighted by Gasteiger charge is -2.18. The van der Waals surface area contributed by atoms with E-state index in [4.69, 9.17) is 0 Å². The normalized spacial score (nSPS) is 12.5. The van der Waals surface area contributed by atoms with E-state index in [2.05, 4.69) is 25.6 Å². The Morgan fingerprint density at radius 1 is 1.41 bits per heavy atom. The molecule has 1 rings (SSSR count). The van der Waals surface area contributed by atoms with Crippen LogP contribution in [0.5, 0.6) is 0 Å². The van der Waals surface area contributed by atoms with Gasteiger partial charge in [0.15, 0.2) is 0 Å². The number of nitrogens with one attached hydrogen (secondary N) is 1. The van der Waals surface area contributed by atoms with Gasteiger partial charge in [-0.2, -0.15) is 0 Å². The second kappa shape index (κ2) is 4.94. The first-order valence-electron chi connectivity index (χ1n) is 5.22. The molecule has 0 spiro atoms. The van der Waals surface area contributed by atoms with Gasteiger partial charge in [0.1, 0.15) is 4.60 Å². The van der Waals surface area contributed by atoms with E-state index in [1.165, 1.54) is 6.20 Å². The zero-order valence-corrected chi connectivity index (χ0v) is 12.8. The van der Waals surface area contributed by atoms with E-state index < -0.39 is 10.0 Å². The Kier molecular flexibility index (Phi) is 4.19. The van der Waals surface area contributed by atoms with Crippen LogP contribution < -0.4 is 4.72 Å². The van der Waals surface area contributed by atoms with Gasteiger partial charge in [0.25, 0.3) is 0 Å². The molecule has 0 aliphatic heterocycles. The third-order valence-electron chi connectivity index (χ3n) is 1.91. The average molecular weight is 321 g/mol. The molecule has 0 fully saturated rings. The molecule has 96 valence electrons. The van der Waals surface area contributed by atoms with Crippen molar-refractivity contribution in [2.75, 3.05) is 10.5 Å². The van der Waals surface area contributed by atoms with Crippen molar-refractivity contribution >= 4 is 31.6 Å². The van der Waals surface area contributed by atoms with Crippen LogP contribution in [0.15, 0.2) is 16.9 Å². The summed E-state index contributed by atoms with van der Waals surface area (Å²) in [5.74, 6) is 0.0785. The molecular weight excluding hydrogens is 304 g/mol. The van der Waals surface area contributed by atoms with Crippen molar-refractivity contribution in [1.29, 1.82) is 0 Å². The van der Waals surface area contributed by atoms with Gasteiger partial charge in [0, 0.05) is 0 Å². The first-order valence-corrected chi connectivity index (χ1v) is 7.66. The highest BCUT2D eigenvalue weighted by atomic mass is 79.9. The maximum absolute atomic E-state index is 11.9. The lowest BCUT2D eigenvalue weighted by Crippen LogP contribution is -2.26. The van der Waals surface area contributed by atoms with Crippen LogP contribution in [0.1, 0.15) is 26.3 Å². The molecule has 1 aromatic heterocycles. The van der Waals surface area contributed by atoms with Crippen LogP contribution >= 0.6 is 15.9 Å². The van der Waals surface area contributed by atoms with Crippen LogP contribution in [0.2, 0.25) is 0 Å². The van der Waals surface area contributed by atoms with Gasteiger partial charge in [0.05, 0.1) is 17.6 Å². The topological polar surface area (TPSA) is 59.1 Å². The minimum absolute atomic E-state index is 0.0785. The fraction of sp³-hybridized carbons (Fsp3) is 0.545. The molecule has 0 amide bonds. The van der Waals surface area contributed by atoms with Gasteiger partial charge in [-0.3, -0.25) is 4.72 Å². The molecule has 0 aromatic carbocycles. The van der Waals surface area contributed by atoms with E-state index in [1.807, 2.05) is 27.7 Å². The number of hydrogen-bond donors (Lipinski definition) is 1. The summed E-state index contributed by atoms with van der Waals surface area (Å²) in [5, 5.41) is 0. The van der Waals surface area contributed by atoms with E-state index in [0.29, 0.717) is 5.69 Å². The van der Waals surface area contributed by atoms with Crippen molar-refractivity contribution in [3.8, 4) is 0 Å². The number of halogens is 1. The van der Waals surface area contributed by atoms with Gasteiger partial charge < -0.3 is 0 Å². The standard InChI is InChI=1S/C11H17BrN2O2S/c1-8-5-9(6-13-10(8)12)14-17(15,16)7-11(2,3)4/h5-6,14H,7H2,1-4H3. The summed E-state index contributed by atoms with van der Waals surface area (Å²) in [6, 6.07) is 1.75. The number of rotatable bonds is 3. The molecule has 0 atom stereocenters. The molecule has 0 aliphatic rings. The van der Waals surface area contributed by atoms with Gasteiger partial charge in [-0.25, -0.2) is 13.4 Å². The Labute approximate surface area is 111 Å². The summed E-state index contributed by atoms with van der Waals surface area (Å²) in [6.07, 6.45) is 1.50. The van der Waals surface area contributed by atoms with E-state index in [1.54, 1.807) is 6.07 Å². The number of pyridine rings is 1. The van der Waals surface area contributed by atoms with Crippen LogP contribution in [-0.4, -0.2) is 19.2 Å². The number of nitrogens with zero attached hydrogens (tertiary/aromatic N) is 1. The summed E-state index contributed by atoms with van der Waals surface area (Å²) >= 11 is 3.27. The largest absolute Gasteiger partial charge is 0.282 e. The molecular formula is C11H17BrN2O2S. The van der Waals surface area contributed by atoms with Crippen LogP contribution in [0, 0.1) is 12.3 Å². The summed E-state index contributed by atoms with van der Waals surface area (Å²) in [7, 11) is -3.33. The Morgan fingerprint density at radius 3 is 2.47 bits per heavy atom. The molecule has 0 bridgehead atoms. The van der Waals surface area contributed by atoms with Crippen LogP contribution in [0.25, 0.3) is 0 Å². The third kappa shape index (κ3) is 5.04. The number of aromatic nitrogens is 1. The highest BCUT2D eigenvalue weighted by Crippen LogP contribution is 2.20. The molecule has 0 radical (unpaired) electrons. The van der Waals surface area contributed by atoms with Crippen molar-refractivity contribution in [3.63, 3.8) is 0 Å². The zero-order chi connectivity index (χ0) is 13.3. The minimum atomic E-state index is -3.33. The fourth-order valence-corrected chi connectivity index (χ4v) is 3.30. The quantitative estimate of drug-likeness (QED) is 0.871. The maximum atomic E-state index is 11.9. The third-order valence-corrected chi connectivity index (χ3v) is 4.53. The molecule has 0 aliphatic carbocycles. The second-order valence-corrected chi connectivity index (χ2v) is 7.73. The molecule has 0 saturated heterocycles. The van der Waals surface area contributed by atoms with E-state index in [0.717, 1.165) is 10.2 Å². The van der Waals surface area contributed by atoms with Crippen molar-refractivity contribution in [1.82, 2.24) is 4.98 Å². The maximum Gasteiger partial charge on any atom is 0.233 e. The molecule has 0 unspecified atom stereocenters. The summed E-state index contributed by atoms with van der Waals surface area (Å²) < 4.78 is 27.0. The van der Waals surface area contributed by atoms with Gasteiger partial charge in [-0.05, 0) is 39.9 Å². The minimum Gasteiger partial charge on any atom is -0.282 e. The van der Waals surface area contributed by atoms with Gasteiger partial charge >= 0.3 is 0 Å². The summed E-state index contributed by atoms with van der Waals surface area (Å²) in [6.45, 7) is 7.52. The summed E-state index contributed by atoms with van der Waals surface area (Å²) in [5.41, 5.74) is 1.11. The lowest BCUT2D eigenvalue weighted by atomic mass is 10.0. The van der Waals surface area contributed by atoms with Crippen LogP contribution in [0.4, 0.5) is 5.69 Å².